The molecule has 2 unspecified atom stereocenters. The zero-order chi connectivity index (χ0) is 16.1. The number of rotatable bonds is 6. The number of carbonyl (C=O) groups excluding carboxylic acids is 2. The molecule has 0 aliphatic carbocycles. The van der Waals surface area contributed by atoms with E-state index in [2.05, 4.69) is 16.1 Å². The second kappa shape index (κ2) is 11.9. The number of carboxylic acids is 1. The van der Waals surface area contributed by atoms with Gasteiger partial charge in [0.05, 0.1) is 0 Å². The van der Waals surface area contributed by atoms with Crippen LogP contribution >= 0.6 is 0 Å². The summed E-state index contributed by atoms with van der Waals surface area (Å²) in [5.41, 5.74) is 0. The van der Waals surface area contributed by atoms with E-state index < -0.39 is 30.5 Å². The molecule has 0 fully saturated rings. The number of hydrogen-bond donors (Lipinski definition) is 3. The van der Waals surface area contributed by atoms with Crippen molar-refractivity contribution in [2.75, 3.05) is 0 Å². The lowest BCUT2D eigenvalue weighted by Gasteiger charge is -2.06. The van der Waals surface area contributed by atoms with Crippen molar-refractivity contribution in [1.29, 1.82) is 0 Å². The van der Waals surface area contributed by atoms with Gasteiger partial charge in [-0.05, 0) is 6.92 Å². The Morgan fingerprint density at radius 1 is 1.15 bits per heavy atom. The van der Waals surface area contributed by atoms with Gasteiger partial charge in [-0.2, -0.15) is 0 Å². The predicted octanol–water partition coefficient (Wildman–Crippen LogP) is -0.0473. The third-order valence-corrected chi connectivity index (χ3v) is 1.42. The molecular weight excluding hydrogens is 272 g/mol. The first-order valence-corrected chi connectivity index (χ1v) is 5.53. The van der Waals surface area contributed by atoms with Crippen LogP contribution in [-0.2, 0) is 23.9 Å². The molecule has 0 radical (unpaired) electrons. The monoisotopic (exact) mass is 290 g/mol. The topological polar surface area (TPSA) is 130 Å². The molecule has 0 aliphatic rings. The largest absolute Gasteiger partial charge is 0.478 e. The molecule has 0 aliphatic heterocycles. The van der Waals surface area contributed by atoms with Crippen molar-refractivity contribution in [3.63, 3.8) is 0 Å². The van der Waals surface area contributed by atoms with Crippen LogP contribution in [0.25, 0.3) is 0 Å². The van der Waals surface area contributed by atoms with Gasteiger partial charge in [0, 0.05) is 24.6 Å². The van der Waals surface area contributed by atoms with E-state index in [1.807, 2.05) is 0 Å². The van der Waals surface area contributed by atoms with Crippen molar-refractivity contribution in [2.45, 2.75) is 32.8 Å². The Morgan fingerprint density at radius 2 is 1.70 bits per heavy atom. The van der Waals surface area contributed by atoms with Crippen molar-refractivity contribution in [2.24, 2.45) is 0 Å². The molecule has 0 bridgehead atoms. The fourth-order valence-electron chi connectivity index (χ4n) is 0.612. The molecule has 8 heteroatoms. The molecule has 0 amide bonds. The van der Waals surface area contributed by atoms with E-state index in [0.717, 1.165) is 12.2 Å². The fraction of sp³-hybridized carbons (Fsp3) is 0.417. The summed E-state index contributed by atoms with van der Waals surface area (Å²) in [5.74, 6) is -2.72. The summed E-state index contributed by atoms with van der Waals surface area (Å²) >= 11 is 0. The highest BCUT2D eigenvalue weighted by Crippen LogP contribution is 1.93. The molecule has 0 heterocycles. The number of aliphatic hydroxyl groups excluding tert-OH is 2. The van der Waals surface area contributed by atoms with Crippen LogP contribution in [0.15, 0.2) is 24.8 Å². The molecule has 114 valence electrons. The van der Waals surface area contributed by atoms with Crippen molar-refractivity contribution in [3.05, 3.63) is 24.8 Å². The zero-order valence-electron chi connectivity index (χ0n) is 11.2. The molecule has 2 atom stereocenters. The number of aliphatic carboxylic acids is 1. The van der Waals surface area contributed by atoms with E-state index in [1.165, 1.54) is 6.92 Å². The number of ether oxygens (including phenoxy) is 2. The highest BCUT2D eigenvalue weighted by Gasteiger charge is 2.05. The van der Waals surface area contributed by atoms with E-state index >= 15 is 0 Å². The second-order valence-electron chi connectivity index (χ2n) is 3.21. The van der Waals surface area contributed by atoms with Crippen molar-refractivity contribution < 1.29 is 39.2 Å². The number of hydrogen-bond acceptors (Lipinski definition) is 7. The third-order valence-electron chi connectivity index (χ3n) is 1.42. The Bertz CT molecular complexity index is 358. The normalized spacial score (nSPS) is 12.6. The first-order chi connectivity index (χ1) is 9.22. The van der Waals surface area contributed by atoms with Crippen LogP contribution in [0.4, 0.5) is 0 Å². The Kier molecular flexibility index (Phi) is 12.0. The molecular formula is C12H18O8. The number of aliphatic hydroxyl groups is 2. The average molecular weight is 290 g/mol. The van der Waals surface area contributed by atoms with Gasteiger partial charge in [-0.1, -0.05) is 13.5 Å². The van der Waals surface area contributed by atoms with Gasteiger partial charge in [-0.25, -0.2) is 14.4 Å². The minimum Gasteiger partial charge on any atom is -0.478 e. The second-order valence-corrected chi connectivity index (χ2v) is 3.21. The molecule has 0 rings (SSSR count). The van der Waals surface area contributed by atoms with Gasteiger partial charge in [0.15, 0.2) is 6.29 Å². The van der Waals surface area contributed by atoms with Gasteiger partial charge in [0.25, 0.3) is 0 Å². The highest BCUT2D eigenvalue weighted by molar-refractivity contribution is 5.90. The summed E-state index contributed by atoms with van der Waals surface area (Å²) in [5, 5.41) is 25.2. The summed E-state index contributed by atoms with van der Waals surface area (Å²) in [4.78, 5) is 30.6. The van der Waals surface area contributed by atoms with Crippen LogP contribution in [0.3, 0.4) is 0 Å². The number of esters is 2. The Balaban J connectivity index is 0. The van der Waals surface area contributed by atoms with E-state index in [1.54, 1.807) is 6.92 Å². The summed E-state index contributed by atoms with van der Waals surface area (Å²) in [7, 11) is 0. The lowest BCUT2D eigenvalue weighted by Crippen LogP contribution is -2.14. The molecule has 20 heavy (non-hydrogen) atoms. The standard InChI is InChI=1S/C7H10O5.C5H8O3/c1-2-6(10)12-7(11)4-3-5(8)9;1-3-5(7)8-4(2)6/h3-4,6,10H,2H2,1H3,(H,8,9);3-4,6H,1H2,2H3/b4-3-;. The lowest BCUT2D eigenvalue weighted by atomic mass is 10.4. The smallest absolute Gasteiger partial charge is 0.333 e. The van der Waals surface area contributed by atoms with Gasteiger partial charge in [-0.3, -0.25) is 0 Å². The average Bonchev–Trinajstić information content (AvgIpc) is 2.36. The molecule has 0 saturated carbocycles. The van der Waals surface area contributed by atoms with Crippen LogP contribution in [-0.4, -0.2) is 45.8 Å². The summed E-state index contributed by atoms with van der Waals surface area (Å²) in [6, 6.07) is 0. The molecule has 0 spiro atoms. The van der Waals surface area contributed by atoms with Crippen LogP contribution in [0.2, 0.25) is 0 Å². The maximum absolute atomic E-state index is 10.6. The molecule has 8 nitrogen and oxygen atoms in total. The number of carbonyl (C=O) groups is 3. The van der Waals surface area contributed by atoms with Crippen molar-refractivity contribution in [3.8, 4) is 0 Å². The summed E-state index contributed by atoms with van der Waals surface area (Å²) in [6.07, 6.45) is 0.433. The molecule has 3 N–H and O–H groups in total. The van der Waals surface area contributed by atoms with Gasteiger partial charge in [-0.15, -0.1) is 0 Å². The van der Waals surface area contributed by atoms with Crippen LogP contribution < -0.4 is 0 Å². The summed E-state index contributed by atoms with van der Waals surface area (Å²) < 4.78 is 8.51. The van der Waals surface area contributed by atoms with E-state index in [9.17, 15) is 14.4 Å². The van der Waals surface area contributed by atoms with Crippen molar-refractivity contribution >= 4 is 17.9 Å². The number of carboxylic acid groups (broad SMARTS) is 1. The fourth-order valence-corrected chi connectivity index (χ4v) is 0.612. The molecule has 0 saturated heterocycles. The highest BCUT2D eigenvalue weighted by atomic mass is 16.6. The molecule has 0 aromatic carbocycles. The zero-order valence-corrected chi connectivity index (χ0v) is 11.2. The summed E-state index contributed by atoms with van der Waals surface area (Å²) in [6.45, 7) is 6.10. The van der Waals surface area contributed by atoms with Crippen molar-refractivity contribution in [1.82, 2.24) is 0 Å². The first kappa shape index (κ1) is 20.1. The third kappa shape index (κ3) is 15.8. The maximum atomic E-state index is 10.6. The van der Waals surface area contributed by atoms with E-state index in [0.29, 0.717) is 6.08 Å². The Hall–Kier alpha value is -2.19. The van der Waals surface area contributed by atoms with Gasteiger partial charge in [0.2, 0.25) is 6.29 Å². The van der Waals surface area contributed by atoms with Crippen LogP contribution in [0, 0.1) is 0 Å². The van der Waals surface area contributed by atoms with Gasteiger partial charge < -0.3 is 24.8 Å². The molecule has 0 aromatic rings. The molecule has 0 aromatic heterocycles. The van der Waals surface area contributed by atoms with Crippen LogP contribution in [0.1, 0.15) is 20.3 Å². The SMILES string of the molecule is C=CC(=O)OC(C)O.CCC(O)OC(=O)/C=C\C(=O)O. The Labute approximate surface area is 115 Å². The minimum absolute atomic E-state index is 0.270. The minimum atomic E-state index is -1.24. The van der Waals surface area contributed by atoms with Gasteiger partial charge >= 0.3 is 17.9 Å². The van der Waals surface area contributed by atoms with E-state index in [-0.39, 0.29) is 6.42 Å². The Morgan fingerprint density at radius 3 is 2.00 bits per heavy atom. The quantitative estimate of drug-likeness (QED) is 0.352. The van der Waals surface area contributed by atoms with Gasteiger partial charge in [0.1, 0.15) is 0 Å². The first-order valence-electron chi connectivity index (χ1n) is 5.53. The van der Waals surface area contributed by atoms with Crippen LogP contribution in [0.5, 0.6) is 0 Å². The maximum Gasteiger partial charge on any atom is 0.333 e. The predicted molar refractivity (Wildman–Crippen MR) is 67.1 cm³/mol. The lowest BCUT2D eigenvalue weighted by molar-refractivity contribution is -0.162. The van der Waals surface area contributed by atoms with E-state index in [4.69, 9.17) is 15.3 Å².